The fourth-order valence-corrected chi connectivity index (χ4v) is 1.86. The van der Waals surface area contributed by atoms with Crippen molar-refractivity contribution >= 4 is 0 Å². The largest absolute Gasteiger partial charge is 0.0801 e. The van der Waals surface area contributed by atoms with Crippen molar-refractivity contribution in [1.29, 1.82) is 0 Å². The Hall–Kier alpha value is -0.520. The van der Waals surface area contributed by atoms with Crippen LogP contribution in [0.4, 0.5) is 0 Å². The van der Waals surface area contributed by atoms with Gasteiger partial charge in [0, 0.05) is 11.3 Å². The van der Waals surface area contributed by atoms with Gasteiger partial charge in [0.2, 0.25) is 0 Å². The fraction of sp³-hybridized carbons (Fsp3) is 0.600. The summed E-state index contributed by atoms with van der Waals surface area (Å²) in [6, 6.07) is 0. The van der Waals surface area contributed by atoms with Crippen molar-refractivity contribution in [1.82, 2.24) is 0 Å². The molecule has 0 aromatic heterocycles. The second-order valence-electron chi connectivity index (χ2n) is 4.12. The highest BCUT2D eigenvalue weighted by Crippen LogP contribution is 2.56. The molecule has 2 aliphatic carbocycles. The van der Waals surface area contributed by atoms with Gasteiger partial charge in [0.05, 0.1) is 0 Å². The zero-order valence-electron chi connectivity index (χ0n) is 6.81. The molecule has 2 bridgehead atoms. The van der Waals surface area contributed by atoms with Crippen LogP contribution in [0, 0.1) is 22.8 Å². The Morgan fingerprint density at radius 2 is 2.00 bits per heavy atom. The van der Waals surface area contributed by atoms with Gasteiger partial charge in [-0.1, -0.05) is 39.0 Å². The molecule has 0 heteroatoms. The van der Waals surface area contributed by atoms with Crippen LogP contribution >= 0.6 is 0 Å². The van der Waals surface area contributed by atoms with E-state index < -0.39 is 0 Å². The minimum absolute atomic E-state index is 0.220. The second-order valence-corrected chi connectivity index (χ2v) is 4.12. The predicted molar refractivity (Wildman–Crippen MR) is 42.3 cm³/mol. The van der Waals surface area contributed by atoms with Gasteiger partial charge in [-0.2, -0.15) is 0 Å². The molecule has 2 atom stereocenters. The molecule has 2 unspecified atom stereocenters. The standard InChI is InChI=1S/C10H13/c1-9(2)8-4-6-10(9,3)7-5-8/h4-6,8H,1-3H3. The molecular weight excluding hydrogens is 120 g/mol. The molecule has 0 saturated heterocycles. The Bertz CT molecular complexity index is 204. The molecule has 0 fully saturated rings. The maximum Gasteiger partial charge on any atom is 0.0163 e. The van der Waals surface area contributed by atoms with Crippen LogP contribution in [0.15, 0.2) is 18.2 Å². The third-order valence-electron chi connectivity index (χ3n) is 3.37. The molecule has 10 heavy (non-hydrogen) atoms. The summed E-state index contributed by atoms with van der Waals surface area (Å²) in [6.45, 7) is 6.88. The van der Waals surface area contributed by atoms with E-state index in [0.717, 1.165) is 0 Å². The van der Waals surface area contributed by atoms with Gasteiger partial charge in [-0.15, -0.1) is 0 Å². The molecule has 0 amide bonds. The van der Waals surface area contributed by atoms with Crippen molar-refractivity contribution in [2.24, 2.45) is 16.7 Å². The molecule has 0 N–H and O–H groups in total. The first kappa shape index (κ1) is 6.21. The van der Waals surface area contributed by atoms with Crippen LogP contribution in [-0.2, 0) is 0 Å². The van der Waals surface area contributed by atoms with Crippen LogP contribution in [0.3, 0.4) is 0 Å². The van der Waals surface area contributed by atoms with E-state index in [4.69, 9.17) is 0 Å². The Morgan fingerprint density at radius 3 is 2.10 bits per heavy atom. The zero-order chi connectivity index (χ0) is 7.41. The average molecular weight is 133 g/mol. The molecule has 2 rings (SSSR count). The number of allylic oxidation sites excluding steroid dienone is 4. The first-order valence-corrected chi connectivity index (χ1v) is 3.87. The summed E-state index contributed by atoms with van der Waals surface area (Å²) in [6.07, 6.45) is 10.2. The van der Waals surface area contributed by atoms with Gasteiger partial charge in [-0.25, -0.2) is 0 Å². The maximum absolute atomic E-state index is 3.41. The van der Waals surface area contributed by atoms with Crippen LogP contribution in [-0.4, -0.2) is 0 Å². The molecule has 1 radical (unpaired) electrons. The van der Waals surface area contributed by atoms with Crippen molar-refractivity contribution in [3.63, 3.8) is 0 Å². The molecular formula is C10H13. The lowest BCUT2D eigenvalue weighted by Crippen LogP contribution is -2.28. The molecule has 0 spiro atoms. The Morgan fingerprint density at radius 1 is 1.30 bits per heavy atom. The van der Waals surface area contributed by atoms with E-state index in [2.05, 4.69) is 45.1 Å². The average Bonchev–Trinajstić information content (AvgIpc) is 2.18. The molecule has 53 valence electrons. The minimum Gasteiger partial charge on any atom is -0.0801 e. The Labute approximate surface area is 62.6 Å². The van der Waals surface area contributed by atoms with Crippen molar-refractivity contribution in [3.05, 3.63) is 24.3 Å². The highest BCUT2D eigenvalue weighted by Gasteiger charge is 2.49. The minimum atomic E-state index is 0.220. The summed E-state index contributed by atoms with van der Waals surface area (Å²) in [5, 5.41) is 0. The Kier molecular flexibility index (Phi) is 0.862. The van der Waals surface area contributed by atoms with Crippen molar-refractivity contribution in [2.45, 2.75) is 20.8 Å². The van der Waals surface area contributed by atoms with Gasteiger partial charge in [0.15, 0.2) is 0 Å². The Balaban J connectivity index is 2.51. The van der Waals surface area contributed by atoms with Gasteiger partial charge in [-0.3, -0.25) is 0 Å². The van der Waals surface area contributed by atoms with Gasteiger partial charge in [-0.05, 0) is 11.5 Å². The molecule has 2 aliphatic rings. The summed E-state index contributed by atoms with van der Waals surface area (Å²) in [5.74, 6) is 0.637. The smallest absolute Gasteiger partial charge is 0.0163 e. The van der Waals surface area contributed by atoms with E-state index >= 15 is 0 Å². The summed E-state index contributed by atoms with van der Waals surface area (Å²) >= 11 is 0. The van der Waals surface area contributed by atoms with Crippen LogP contribution in [0.25, 0.3) is 0 Å². The van der Waals surface area contributed by atoms with Crippen LogP contribution < -0.4 is 0 Å². The third-order valence-corrected chi connectivity index (χ3v) is 3.37. The molecule has 0 nitrogen and oxygen atoms in total. The number of fused-ring (bicyclic) bond motifs is 2. The van der Waals surface area contributed by atoms with E-state index in [0.29, 0.717) is 11.3 Å². The topological polar surface area (TPSA) is 0 Å². The lowest BCUT2D eigenvalue weighted by atomic mass is 9.70. The SMILES string of the molecule is CC12[C]=CC(C=C1)C2(C)C. The number of hydrogen-bond donors (Lipinski definition) is 0. The fourth-order valence-electron chi connectivity index (χ4n) is 1.86. The first-order valence-electron chi connectivity index (χ1n) is 3.87. The monoisotopic (exact) mass is 133 g/mol. The van der Waals surface area contributed by atoms with Crippen molar-refractivity contribution < 1.29 is 0 Å². The summed E-state index contributed by atoms with van der Waals surface area (Å²) < 4.78 is 0. The molecule has 0 aromatic rings. The highest BCUT2D eigenvalue weighted by molar-refractivity contribution is 5.31. The van der Waals surface area contributed by atoms with Crippen molar-refractivity contribution in [2.75, 3.05) is 0 Å². The summed E-state index contributed by atoms with van der Waals surface area (Å²) in [4.78, 5) is 0. The second kappa shape index (κ2) is 1.39. The first-order chi connectivity index (χ1) is 4.56. The molecule has 0 heterocycles. The quantitative estimate of drug-likeness (QED) is 0.445. The van der Waals surface area contributed by atoms with Gasteiger partial charge >= 0.3 is 0 Å². The van der Waals surface area contributed by atoms with E-state index in [-0.39, 0.29) is 5.41 Å². The number of rotatable bonds is 0. The van der Waals surface area contributed by atoms with Crippen LogP contribution in [0.5, 0.6) is 0 Å². The highest BCUT2D eigenvalue weighted by atomic mass is 14.5. The van der Waals surface area contributed by atoms with E-state index in [1.54, 1.807) is 0 Å². The van der Waals surface area contributed by atoms with E-state index in [1.165, 1.54) is 0 Å². The van der Waals surface area contributed by atoms with Gasteiger partial charge in [0.25, 0.3) is 0 Å². The number of hydrogen-bond acceptors (Lipinski definition) is 0. The predicted octanol–water partition coefficient (Wildman–Crippen LogP) is 2.58. The maximum atomic E-state index is 3.41. The van der Waals surface area contributed by atoms with E-state index in [9.17, 15) is 0 Å². The normalized spacial score (nSPS) is 46.9. The molecule has 0 aromatic carbocycles. The van der Waals surface area contributed by atoms with E-state index in [1.807, 2.05) is 0 Å². The third kappa shape index (κ3) is 0.448. The van der Waals surface area contributed by atoms with Crippen molar-refractivity contribution in [3.8, 4) is 0 Å². The van der Waals surface area contributed by atoms with Gasteiger partial charge < -0.3 is 0 Å². The molecule has 0 aliphatic heterocycles. The van der Waals surface area contributed by atoms with Gasteiger partial charge in [0.1, 0.15) is 0 Å². The van der Waals surface area contributed by atoms with Crippen LogP contribution in [0.2, 0.25) is 0 Å². The lowest BCUT2D eigenvalue weighted by molar-refractivity contribution is 0.201. The summed E-state index contributed by atoms with van der Waals surface area (Å²) in [5.41, 5.74) is 0.602. The van der Waals surface area contributed by atoms with Crippen LogP contribution in [0.1, 0.15) is 20.8 Å². The summed E-state index contributed by atoms with van der Waals surface area (Å²) in [7, 11) is 0. The lowest BCUT2D eigenvalue weighted by Gasteiger charge is -2.33. The zero-order valence-corrected chi connectivity index (χ0v) is 6.81. The molecule has 0 saturated carbocycles.